The summed E-state index contributed by atoms with van der Waals surface area (Å²) >= 11 is 5.46. The molecule has 1 heterocycles. The van der Waals surface area contributed by atoms with Crippen LogP contribution in [-0.4, -0.2) is 15.9 Å². The van der Waals surface area contributed by atoms with Gasteiger partial charge in [0.25, 0.3) is 5.91 Å². The summed E-state index contributed by atoms with van der Waals surface area (Å²) in [7, 11) is 0. The molecular formula is C10H7BrIN3O. The van der Waals surface area contributed by atoms with Gasteiger partial charge in [0.15, 0.2) is 0 Å². The van der Waals surface area contributed by atoms with Crippen LogP contribution in [0.2, 0.25) is 0 Å². The number of aromatic nitrogens is 2. The van der Waals surface area contributed by atoms with Gasteiger partial charge in [0.2, 0.25) is 5.95 Å². The third kappa shape index (κ3) is 2.62. The van der Waals surface area contributed by atoms with E-state index in [-0.39, 0.29) is 5.91 Å². The molecule has 0 radical (unpaired) electrons. The minimum atomic E-state index is -0.180. The Hall–Kier alpha value is -0.890. The van der Waals surface area contributed by atoms with Crippen LogP contribution in [0.25, 0.3) is 0 Å². The van der Waals surface area contributed by atoms with E-state index < -0.39 is 0 Å². The lowest BCUT2D eigenvalue weighted by molar-refractivity contribution is 0.102. The molecule has 0 atom stereocenters. The van der Waals surface area contributed by atoms with Crippen LogP contribution in [0.15, 0.2) is 35.1 Å². The predicted octanol–water partition coefficient (Wildman–Crippen LogP) is 3.03. The molecular weight excluding hydrogens is 385 g/mol. The number of benzene rings is 1. The number of aromatic amines is 1. The smallest absolute Gasteiger partial charge is 0.259 e. The highest BCUT2D eigenvalue weighted by molar-refractivity contribution is 14.1. The van der Waals surface area contributed by atoms with Crippen molar-refractivity contribution in [2.45, 2.75) is 0 Å². The molecule has 0 saturated carbocycles. The van der Waals surface area contributed by atoms with E-state index in [9.17, 15) is 4.79 Å². The van der Waals surface area contributed by atoms with Gasteiger partial charge in [-0.05, 0) is 40.8 Å². The molecule has 16 heavy (non-hydrogen) atoms. The molecule has 1 aromatic carbocycles. The largest absolute Gasteiger partial charge is 0.331 e. The monoisotopic (exact) mass is 391 g/mol. The van der Waals surface area contributed by atoms with Gasteiger partial charge in [-0.3, -0.25) is 10.1 Å². The fourth-order valence-corrected chi connectivity index (χ4v) is 2.12. The fourth-order valence-electron chi connectivity index (χ4n) is 1.18. The SMILES string of the molecule is O=C(Nc1ncc[nH]1)c1cc(Br)ccc1I. The zero-order valence-electron chi connectivity index (χ0n) is 8.00. The zero-order chi connectivity index (χ0) is 11.5. The van der Waals surface area contributed by atoms with Crippen molar-refractivity contribution in [1.82, 2.24) is 9.97 Å². The molecule has 0 spiro atoms. The summed E-state index contributed by atoms with van der Waals surface area (Å²) in [4.78, 5) is 18.6. The maximum absolute atomic E-state index is 11.9. The molecule has 2 N–H and O–H groups in total. The van der Waals surface area contributed by atoms with Crippen LogP contribution < -0.4 is 5.32 Å². The van der Waals surface area contributed by atoms with Gasteiger partial charge < -0.3 is 4.98 Å². The molecule has 0 aliphatic carbocycles. The van der Waals surface area contributed by atoms with Gasteiger partial charge in [0, 0.05) is 20.4 Å². The van der Waals surface area contributed by atoms with Crippen molar-refractivity contribution in [1.29, 1.82) is 0 Å². The Labute approximate surface area is 114 Å². The summed E-state index contributed by atoms with van der Waals surface area (Å²) in [6, 6.07) is 5.55. The molecule has 2 aromatic rings. The summed E-state index contributed by atoms with van der Waals surface area (Å²) in [6.07, 6.45) is 3.24. The first-order chi connectivity index (χ1) is 7.66. The quantitative estimate of drug-likeness (QED) is 0.773. The Morgan fingerprint density at radius 3 is 3.00 bits per heavy atom. The van der Waals surface area contributed by atoms with E-state index in [1.165, 1.54) is 0 Å². The molecule has 0 aliphatic rings. The summed E-state index contributed by atoms with van der Waals surface area (Å²) < 4.78 is 1.77. The van der Waals surface area contributed by atoms with Crippen molar-refractivity contribution < 1.29 is 4.79 Å². The second-order valence-corrected chi connectivity index (χ2v) is 5.09. The highest BCUT2D eigenvalue weighted by Crippen LogP contribution is 2.19. The highest BCUT2D eigenvalue weighted by Gasteiger charge is 2.11. The Morgan fingerprint density at radius 2 is 2.31 bits per heavy atom. The van der Waals surface area contributed by atoms with Crippen molar-refractivity contribution in [2.24, 2.45) is 0 Å². The number of H-pyrrole nitrogens is 1. The molecule has 0 unspecified atom stereocenters. The van der Waals surface area contributed by atoms with Crippen molar-refractivity contribution in [3.63, 3.8) is 0 Å². The number of amides is 1. The number of hydrogen-bond acceptors (Lipinski definition) is 2. The summed E-state index contributed by atoms with van der Waals surface area (Å²) in [5, 5.41) is 2.68. The number of imidazole rings is 1. The second-order valence-electron chi connectivity index (χ2n) is 3.02. The number of carbonyl (C=O) groups excluding carboxylic acids is 1. The number of hydrogen-bond donors (Lipinski definition) is 2. The van der Waals surface area contributed by atoms with Gasteiger partial charge in [-0.1, -0.05) is 15.9 Å². The van der Waals surface area contributed by atoms with Crippen LogP contribution in [0.4, 0.5) is 5.95 Å². The maximum Gasteiger partial charge on any atom is 0.259 e. The Morgan fingerprint density at radius 1 is 1.50 bits per heavy atom. The van der Waals surface area contributed by atoms with Crippen molar-refractivity contribution in [2.75, 3.05) is 5.32 Å². The van der Waals surface area contributed by atoms with Gasteiger partial charge in [-0.15, -0.1) is 0 Å². The first kappa shape index (κ1) is 11.6. The lowest BCUT2D eigenvalue weighted by atomic mass is 10.2. The van der Waals surface area contributed by atoms with Crippen molar-refractivity contribution in [3.05, 3.63) is 44.2 Å². The van der Waals surface area contributed by atoms with E-state index in [4.69, 9.17) is 0 Å². The Balaban J connectivity index is 2.24. The van der Waals surface area contributed by atoms with Gasteiger partial charge in [-0.25, -0.2) is 4.98 Å². The summed E-state index contributed by atoms with van der Waals surface area (Å²) in [5.41, 5.74) is 0.617. The van der Waals surface area contributed by atoms with Gasteiger partial charge >= 0.3 is 0 Å². The number of nitrogens with one attached hydrogen (secondary N) is 2. The lowest BCUT2D eigenvalue weighted by Crippen LogP contribution is -2.14. The van der Waals surface area contributed by atoms with Crippen LogP contribution in [0, 0.1) is 3.57 Å². The van der Waals surface area contributed by atoms with Crippen molar-refractivity contribution >= 4 is 50.4 Å². The molecule has 4 nitrogen and oxygen atoms in total. The number of anilines is 1. The standard InChI is InChI=1S/C10H7BrIN3O/c11-6-1-2-8(12)7(5-6)9(16)15-10-13-3-4-14-10/h1-5H,(H2,13,14,15,16). The molecule has 2 rings (SSSR count). The van der Waals surface area contributed by atoms with Gasteiger partial charge in [0.05, 0.1) is 5.56 Å². The maximum atomic E-state index is 11.9. The predicted molar refractivity (Wildman–Crippen MR) is 73.4 cm³/mol. The molecule has 82 valence electrons. The molecule has 6 heteroatoms. The van der Waals surface area contributed by atoms with Crippen molar-refractivity contribution in [3.8, 4) is 0 Å². The molecule has 0 fully saturated rings. The Kier molecular flexibility index (Phi) is 3.59. The van der Waals surface area contributed by atoms with E-state index in [1.807, 2.05) is 12.1 Å². The number of nitrogens with zero attached hydrogens (tertiary/aromatic N) is 1. The van der Waals surface area contributed by atoms with Gasteiger partial charge in [0.1, 0.15) is 0 Å². The zero-order valence-corrected chi connectivity index (χ0v) is 11.7. The third-order valence-corrected chi connectivity index (χ3v) is 3.34. The van der Waals surface area contributed by atoms with E-state index in [0.717, 1.165) is 8.04 Å². The minimum absolute atomic E-state index is 0.180. The van der Waals surface area contributed by atoms with E-state index in [0.29, 0.717) is 11.5 Å². The fraction of sp³-hybridized carbons (Fsp3) is 0. The first-order valence-corrected chi connectivity index (χ1v) is 6.30. The molecule has 1 amide bonds. The first-order valence-electron chi connectivity index (χ1n) is 4.42. The highest BCUT2D eigenvalue weighted by atomic mass is 127. The molecule has 0 saturated heterocycles. The van der Waals surface area contributed by atoms with Crippen LogP contribution in [-0.2, 0) is 0 Å². The summed E-state index contributed by atoms with van der Waals surface area (Å²) in [6.45, 7) is 0. The van der Waals surface area contributed by atoms with E-state index >= 15 is 0 Å². The van der Waals surface area contributed by atoms with Crippen LogP contribution >= 0.6 is 38.5 Å². The van der Waals surface area contributed by atoms with E-state index in [1.54, 1.807) is 18.5 Å². The topological polar surface area (TPSA) is 57.8 Å². The lowest BCUT2D eigenvalue weighted by Gasteiger charge is -2.04. The Bertz CT molecular complexity index is 513. The van der Waals surface area contributed by atoms with Gasteiger partial charge in [-0.2, -0.15) is 0 Å². The number of carbonyl (C=O) groups is 1. The van der Waals surface area contributed by atoms with Crippen LogP contribution in [0.5, 0.6) is 0 Å². The van der Waals surface area contributed by atoms with Crippen LogP contribution in [0.1, 0.15) is 10.4 Å². The minimum Gasteiger partial charge on any atom is -0.331 e. The summed E-state index contributed by atoms with van der Waals surface area (Å²) in [5.74, 6) is 0.265. The number of rotatable bonds is 2. The molecule has 0 aliphatic heterocycles. The second kappa shape index (κ2) is 4.96. The third-order valence-electron chi connectivity index (χ3n) is 1.90. The number of halogens is 2. The molecule has 1 aromatic heterocycles. The molecule has 0 bridgehead atoms. The normalized spacial score (nSPS) is 10.1. The van der Waals surface area contributed by atoms with E-state index in [2.05, 4.69) is 53.8 Å². The van der Waals surface area contributed by atoms with Crippen LogP contribution in [0.3, 0.4) is 0 Å². The average Bonchev–Trinajstić information content (AvgIpc) is 2.74. The average molecular weight is 392 g/mol.